The topological polar surface area (TPSA) is 55.6 Å². The van der Waals surface area contributed by atoms with E-state index in [1.165, 1.54) is 12.8 Å². The Hall–Kier alpha value is -1.85. The third-order valence-corrected chi connectivity index (χ3v) is 4.42. The molecule has 0 radical (unpaired) electrons. The summed E-state index contributed by atoms with van der Waals surface area (Å²) in [7, 11) is 0. The van der Waals surface area contributed by atoms with Gasteiger partial charge in [0.25, 0.3) is 0 Å². The van der Waals surface area contributed by atoms with E-state index in [1.807, 2.05) is 22.8 Å². The van der Waals surface area contributed by atoms with Crippen molar-refractivity contribution in [3.8, 4) is 11.5 Å². The first-order chi connectivity index (χ1) is 10.7. The van der Waals surface area contributed by atoms with Crippen LogP contribution in [-0.2, 0) is 6.54 Å². The number of nitrogens with zero attached hydrogens (tertiary/aromatic N) is 4. The van der Waals surface area contributed by atoms with Crippen LogP contribution in [0, 0.1) is 0 Å². The maximum Gasteiger partial charge on any atom is 0.165 e. The van der Waals surface area contributed by atoms with Gasteiger partial charge in [-0.2, -0.15) is 0 Å². The molecule has 1 aromatic carbocycles. The van der Waals surface area contributed by atoms with E-state index in [-0.39, 0.29) is 0 Å². The summed E-state index contributed by atoms with van der Waals surface area (Å²) in [5.41, 5.74) is 1.63. The predicted octanol–water partition coefficient (Wildman–Crippen LogP) is 3.71. The predicted molar refractivity (Wildman–Crippen MR) is 86.6 cm³/mol. The number of hydrogen-bond donors (Lipinski definition) is 1. The number of aromatic nitrogens is 4. The normalized spacial score (nSPS) is 14.5. The molecule has 3 aliphatic rings. The molecule has 1 fully saturated rings. The third-order valence-electron chi connectivity index (χ3n) is 3.71. The lowest BCUT2D eigenvalue weighted by Crippen LogP contribution is -2.12. The minimum atomic E-state index is 0.504. The summed E-state index contributed by atoms with van der Waals surface area (Å²) in [5.74, 6) is 1.56. The van der Waals surface area contributed by atoms with Crippen LogP contribution in [0.3, 0.4) is 0 Å². The van der Waals surface area contributed by atoms with Gasteiger partial charge >= 0.3 is 0 Å². The highest BCUT2D eigenvalue weighted by molar-refractivity contribution is 6.35. The molecule has 112 valence electrons. The van der Waals surface area contributed by atoms with Gasteiger partial charge in [0.1, 0.15) is 6.33 Å². The summed E-state index contributed by atoms with van der Waals surface area (Å²) >= 11 is 12.5. The fourth-order valence-electron chi connectivity index (χ4n) is 2.38. The van der Waals surface area contributed by atoms with Gasteiger partial charge in [0, 0.05) is 21.7 Å². The molecule has 2 heterocycles. The van der Waals surface area contributed by atoms with Crippen LogP contribution in [0.5, 0.6) is 0 Å². The molecule has 4 rings (SSSR count). The molecule has 22 heavy (non-hydrogen) atoms. The third kappa shape index (κ3) is 2.51. The zero-order chi connectivity index (χ0) is 15.1. The number of imidazole rings is 1. The average Bonchev–Trinajstić information content (AvgIpc) is 3.17. The van der Waals surface area contributed by atoms with Crippen molar-refractivity contribution in [1.29, 1.82) is 0 Å². The zero-order valence-corrected chi connectivity index (χ0v) is 13.1. The maximum atomic E-state index is 6.25. The Morgan fingerprint density at radius 3 is 2.64 bits per heavy atom. The van der Waals surface area contributed by atoms with Crippen molar-refractivity contribution in [3.63, 3.8) is 0 Å². The highest BCUT2D eigenvalue weighted by Crippen LogP contribution is 2.31. The van der Waals surface area contributed by atoms with Crippen LogP contribution in [0.4, 0.5) is 5.82 Å². The summed E-state index contributed by atoms with van der Waals surface area (Å²) in [4.78, 5) is 13.1. The molecule has 1 aromatic rings. The first-order valence-electron chi connectivity index (χ1n) is 7.07. The van der Waals surface area contributed by atoms with Crippen molar-refractivity contribution >= 4 is 29.0 Å². The van der Waals surface area contributed by atoms with E-state index >= 15 is 0 Å². The summed E-state index contributed by atoms with van der Waals surface area (Å²) in [5, 5.41) is 4.64. The molecule has 0 bridgehead atoms. The Kier molecular flexibility index (Phi) is 3.39. The van der Waals surface area contributed by atoms with E-state index in [2.05, 4.69) is 20.3 Å². The molecular formula is C15H13Cl2N5. The number of halogens is 2. The number of rotatable bonds is 4. The molecule has 1 aliphatic carbocycles. The smallest absolute Gasteiger partial charge is 0.165 e. The molecule has 0 amide bonds. The van der Waals surface area contributed by atoms with Crippen molar-refractivity contribution in [2.75, 3.05) is 5.32 Å². The van der Waals surface area contributed by atoms with Gasteiger partial charge in [0.05, 0.1) is 12.9 Å². The number of hydrogen-bond acceptors (Lipinski definition) is 4. The number of nitrogens with one attached hydrogen (secondary N) is 1. The molecule has 1 saturated carbocycles. The molecule has 0 unspecified atom stereocenters. The molecule has 0 saturated heterocycles. The van der Waals surface area contributed by atoms with Gasteiger partial charge in [-0.1, -0.05) is 29.3 Å². The van der Waals surface area contributed by atoms with Crippen LogP contribution in [0.15, 0.2) is 30.9 Å². The van der Waals surface area contributed by atoms with Crippen LogP contribution in [0.25, 0.3) is 11.5 Å². The van der Waals surface area contributed by atoms with E-state index in [9.17, 15) is 0 Å². The van der Waals surface area contributed by atoms with Crippen LogP contribution in [-0.4, -0.2) is 25.6 Å². The Labute approximate surface area is 137 Å². The van der Waals surface area contributed by atoms with Crippen LogP contribution >= 0.6 is 23.2 Å². The van der Waals surface area contributed by atoms with Crippen LogP contribution < -0.4 is 5.32 Å². The van der Waals surface area contributed by atoms with Gasteiger partial charge in [-0.15, -0.1) is 0 Å². The van der Waals surface area contributed by atoms with Gasteiger partial charge in [-0.05, 0) is 25.0 Å². The van der Waals surface area contributed by atoms with E-state index in [0.717, 1.165) is 22.9 Å². The van der Waals surface area contributed by atoms with Crippen LogP contribution in [0.2, 0.25) is 10.0 Å². The van der Waals surface area contributed by atoms with Crippen molar-refractivity contribution < 1.29 is 0 Å². The molecule has 5 nitrogen and oxygen atoms in total. The quantitative estimate of drug-likeness (QED) is 0.790. The molecule has 0 atom stereocenters. The fourth-order valence-corrected chi connectivity index (χ4v) is 2.89. The summed E-state index contributed by atoms with van der Waals surface area (Å²) < 4.78 is 1.91. The minimum absolute atomic E-state index is 0.504. The monoisotopic (exact) mass is 333 g/mol. The number of anilines is 1. The van der Waals surface area contributed by atoms with Gasteiger partial charge < -0.3 is 9.88 Å². The number of benzene rings is 1. The standard InChI is InChI=1S/C15H13Cl2N5/c16-11-2-1-3-12(17)10(11)6-22-8-20-14(21-9-4-5-9)13-15(22)19-7-18-13/h1-3,7-9,21H,4-6H2. The Morgan fingerprint density at radius 1 is 1.14 bits per heavy atom. The lowest BCUT2D eigenvalue weighted by Gasteiger charge is -2.15. The summed E-state index contributed by atoms with van der Waals surface area (Å²) in [6.45, 7) is 0.504. The lowest BCUT2D eigenvalue weighted by molar-refractivity contribution is 0.761. The minimum Gasteiger partial charge on any atom is -0.365 e. The van der Waals surface area contributed by atoms with E-state index < -0.39 is 0 Å². The second-order valence-corrected chi connectivity index (χ2v) is 6.20. The Morgan fingerprint density at radius 2 is 1.91 bits per heavy atom. The van der Waals surface area contributed by atoms with Gasteiger partial charge in [0.2, 0.25) is 0 Å². The molecule has 0 spiro atoms. The van der Waals surface area contributed by atoms with E-state index in [0.29, 0.717) is 22.6 Å². The molecule has 1 N–H and O–H groups in total. The fraction of sp³-hybridized carbons (Fsp3) is 0.267. The summed E-state index contributed by atoms with van der Waals surface area (Å²) in [6, 6.07) is 6.00. The molecule has 0 aromatic heterocycles. The highest BCUT2D eigenvalue weighted by atomic mass is 35.5. The second kappa shape index (κ2) is 5.41. The van der Waals surface area contributed by atoms with Crippen molar-refractivity contribution in [1.82, 2.24) is 19.5 Å². The molecular weight excluding hydrogens is 321 g/mol. The first-order valence-corrected chi connectivity index (χ1v) is 7.83. The van der Waals surface area contributed by atoms with Crippen LogP contribution in [0.1, 0.15) is 18.4 Å². The van der Waals surface area contributed by atoms with E-state index in [1.54, 1.807) is 12.7 Å². The SMILES string of the molecule is Clc1cccc(Cl)c1Cn1cnc(NC2CC2)c2ncnc1-2. The largest absolute Gasteiger partial charge is 0.365 e. The lowest BCUT2D eigenvalue weighted by atomic mass is 10.2. The first kappa shape index (κ1) is 13.8. The maximum absolute atomic E-state index is 6.25. The molecule has 2 aliphatic heterocycles. The highest BCUT2D eigenvalue weighted by Gasteiger charge is 2.25. The van der Waals surface area contributed by atoms with Crippen molar-refractivity contribution in [2.24, 2.45) is 0 Å². The Bertz CT molecular complexity index is 776. The Balaban J connectivity index is 1.71. The van der Waals surface area contributed by atoms with Gasteiger partial charge in [0.15, 0.2) is 17.3 Å². The zero-order valence-electron chi connectivity index (χ0n) is 11.6. The average molecular weight is 334 g/mol. The number of fused-ring (bicyclic) bond motifs is 1. The second-order valence-electron chi connectivity index (χ2n) is 5.39. The van der Waals surface area contributed by atoms with Crippen molar-refractivity contribution in [3.05, 3.63) is 46.5 Å². The molecule has 7 heteroatoms. The van der Waals surface area contributed by atoms with Gasteiger partial charge in [-0.3, -0.25) is 0 Å². The van der Waals surface area contributed by atoms with Crippen molar-refractivity contribution in [2.45, 2.75) is 25.4 Å². The van der Waals surface area contributed by atoms with Gasteiger partial charge in [-0.25, -0.2) is 15.0 Å². The van der Waals surface area contributed by atoms with E-state index in [4.69, 9.17) is 23.2 Å². The summed E-state index contributed by atoms with van der Waals surface area (Å²) in [6.07, 6.45) is 5.67.